The Morgan fingerprint density at radius 3 is 2.53 bits per heavy atom. The van der Waals surface area contributed by atoms with Crippen molar-refractivity contribution in [3.05, 3.63) is 37.1 Å². The Hall–Kier alpha value is -1.63. The maximum Gasteiger partial charge on any atom is 0.350 e. The molecule has 1 aromatic rings. The number of hydrogen-bond acceptors (Lipinski definition) is 4. The molecule has 0 saturated carbocycles. The summed E-state index contributed by atoms with van der Waals surface area (Å²) in [5.41, 5.74) is -2.08. The van der Waals surface area contributed by atoms with Crippen molar-refractivity contribution in [1.29, 1.82) is 0 Å². The van der Waals surface area contributed by atoms with Crippen LogP contribution in [0.1, 0.15) is 13.3 Å². The minimum Gasteiger partial charge on any atom is -0.293 e. The summed E-state index contributed by atoms with van der Waals surface area (Å²) in [6, 6.07) is 0. The van der Waals surface area contributed by atoms with E-state index >= 15 is 0 Å². The number of rotatable bonds is 5. The van der Waals surface area contributed by atoms with E-state index in [1.807, 2.05) is 6.92 Å². The minimum absolute atomic E-state index is 0.0371. The summed E-state index contributed by atoms with van der Waals surface area (Å²) in [5.74, 6) is 0.0441. The van der Waals surface area contributed by atoms with E-state index < -0.39 is 21.9 Å². The van der Waals surface area contributed by atoms with Crippen LogP contribution in [0.15, 0.2) is 15.8 Å². The molecule has 0 aliphatic heterocycles. The van der Waals surface area contributed by atoms with Crippen molar-refractivity contribution in [2.24, 2.45) is 0 Å². The molecule has 0 atom stereocenters. The number of halogens is 1. The summed E-state index contributed by atoms with van der Waals surface area (Å²) < 4.78 is 1.95. The molecule has 0 amide bonds. The lowest BCUT2D eigenvalue weighted by Crippen LogP contribution is -2.40. The number of nitrogens with zero attached hydrogens (tertiary/aromatic N) is 3. The molecule has 0 aromatic carbocycles. The Bertz CT molecular complexity index is 534. The lowest BCUT2D eigenvalue weighted by Gasteiger charge is -2.07. The Morgan fingerprint density at radius 2 is 2.06 bits per heavy atom. The predicted octanol–water partition coefficient (Wildman–Crippen LogP) is 0.567. The molecule has 0 N–H and O–H groups in total. The molecule has 1 heterocycles. The topological polar surface area (TPSA) is 87.1 Å². The molecule has 0 aliphatic rings. The van der Waals surface area contributed by atoms with E-state index in [4.69, 9.17) is 11.6 Å². The van der Waals surface area contributed by atoms with Gasteiger partial charge in [0.1, 0.15) is 0 Å². The molecule has 0 radical (unpaired) electrons. The van der Waals surface area contributed by atoms with E-state index in [1.54, 1.807) is 0 Å². The normalized spacial score (nSPS) is 10.5. The summed E-state index contributed by atoms with van der Waals surface area (Å²) >= 11 is 5.46. The smallest absolute Gasteiger partial charge is 0.293 e. The van der Waals surface area contributed by atoms with Gasteiger partial charge in [-0.2, -0.15) is 0 Å². The fourth-order valence-corrected chi connectivity index (χ4v) is 1.62. The number of hydrogen-bond donors (Lipinski definition) is 0. The molecule has 0 aliphatic carbocycles. The van der Waals surface area contributed by atoms with Gasteiger partial charge in [-0.3, -0.25) is 24.0 Å². The van der Waals surface area contributed by atoms with Crippen LogP contribution < -0.4 is 11.2 Å². The average Bonchev–Trinajstić information content (AvgIpc) is 2.27. The van der Waals surface area contributed by atoms with Gasteiger partial charge in [-0.25, -0.2) is 4.79 Å². The quantitative estimate of drug-likeness (QED) is 0.440. The highest BCUT2D eigenvalue weighted by Gasteiger charge is 2.19. The fraction of sp³-hybridized carbons (Fsp3) is 0.556. The molecule has 0 bridgehead atoms. The van der Waals surface area contributed by atoms with Gasteiger partial charge in [0.25, 0.3) is 0 Å². The molecular formula is C9H12ClN3O4. The van der Waals surface area contributed by atoms with Crippen molar-refractivity contribution < 1.29 is 4.92 Å². The second-order valence-electron chi connectivity index (χ2n) is 3.39. The van der Waals surface area contributed by atoms with Crippen LogP contribution in [-0.4, -0.2) is 19.9 Å². The summed E-state index contributed by atoms with van der Waals surface area (Å²) in [7, 11) is 0. The van der Waals surface area contributed by atoms with Gasteiger partial charge >= 0.3 is 16.9 Å². The summed E-state index contributed by atoms with van der Waals surface area (Å²) in [5, 5.41) is 10.7. The molecule has 0 saturated heterocycles. The van der Waals surface area contributed by atoms with Crippen molar-refractivity contribution in [2.45, 2.75) is 26.4 Å². The number of nitro groups is 1. The Morgan fingerprint density at radius 1 is 1.41 bits per heavy atom. The molecule has 1 aromatic heterocycles. The van der Waals surface area contributed by atoms with Crippen molar-refractivity contribution in [3.63, 3.8) is 0 Å². The van der Waals surface area contributed by atoms with Crippen molar-refractivity contribution in [3.8, 4) is 0 Å². The monoisotopic (exact) mass is 261 g/mol. The summed E-state index contributed by atoms with van der Waals surface area (Å²) in [6.45, 7) is 2.11. The zero-order valence-electron chi connectivity index (χ0n) is 9.26. The third-order valence-electron chi connectivity index (χ3n) is 2.19. The van der Waals surface area contributed by atoms with Crippen LogP contribution in [0.5, 0.6) is 0 Å². The summed E-state index contributed by atoms with van der Waals surface area (Å²) in [4.78, 5) is 33.3. The first-order chi connectivity index (χ1) is 8.02. The fourth-order valence-electron chi connectivity index (χ4n) is 1.45. The molecule has 8 heteroatoms. The van der Waals surface area contributed by atoms with E-state index in [0.29, 0.717) is 13.0 Å². The maximum absolute atomic E-state index is 11.8. The molecule has 17 heavy (non-hydrogen) atoms. The molecule has 1 rings (SSSR count). The molecule has 7 nitrogen and oxygen atoms in total. The highest BCUT2D eigenvalue weighted by Crippen LogP contribution is 2.01. The SMILES string of the molecule is CCCn1cc([N+](=O)[O-])c(=O)n(CCCl)c1=O. The van der Waals surface area contributed by atoms with Crippen LogP contribution in [0.25, 0.3) is 0 Å². The zero-order chi connectivity index (χ0) is 13.0. The van der Waals surface area contributed by atoms with Gasteiger partial charge in [0.15, 0.2) is 0 Å². The standard InChI is InChI=1S/C9H12ClN3O4/c1-2-4-11-6-7(13(16)17)8(14)12(5-3-10)9(11)15/h6H,2-5H2,1H3. The van der Waals surface area contributed by atoms with E-state index in [9.17, 15) is 19.7 Å². The Kier molecular flexibility index (Phi) is 4.45. The van der Waals surface area contributed by atoms with Crippen LogP contribution in [0.4, 0.5) is 5.69 Å². The predicted molar refractivity (Wildman–Crippen MR) is 62.6 cm³/mol. The van der Waals surface area contributed by atoms with Crippen LogP contribution in [0.2, 0.25) is 0 Å². The Balaban J connectivity index is 3.52. The first-order valence-corrected chi connectivity index (χ1v) is 5.61. The van der Waals surface area contributed by atoms with Gasteiger partial charge in [0.2, 0.25) is 0 Å². The highest BCUT2D eigenvalue weighted by atomic mass is 35.5. The molecular weight excluding hydrogens is 250 g/mol. The van der Waals surface area contributed by atoms with Crippen molar-refractivity contribution in [1.82, 2.24) is 9.13 Å². The second-order valence-corrected chi connectivity index (χ2v) is 3.77. The lowest BCUT2D eigenvalue weighted by molar-refractivity contribution is -0.387. The minimum atomic E-state index is -0.909. The first-order valence-electron chi connectivity index (χ1n) is 5.07. The van der Waals surface area contributed by atoms with Gasteiger partial charge in [-0.15, -0.1) is 11.6 Å². The van der Waals surface area contributed by atoms with Gasteiger partial charge < -0.3 is 0 Å². The number of aromatic nitrogens is 2. The highest BCUT2D eigenvalue weighted by molar-refractivity contribution is 6.17. The van der Waals surface area contributed by atoms with E-state index in [2.05, 4.69) is 0 Å². The van der Waals surface area contributed by atoms with E-state index in [-0.39, 0.29) is 12.4 Å². The van der Waals surface area contributed by atoms with E-state index in [1.165, 1.54) is 0 Å². The summed E-state index contributed by atoms with van der Waals surface area (Å²) in [6.07, 6.45) is 1.62. The van der Waals surface area contributed by atoms with Crippen LogP contribution >= 0.6 is 11.6 Å². The second kappa shape index (κ2) is 5.62. The molecule has 94 valence electrons. The largest absolute Gasteiger partial charge is 0.350 e. The van der Waals surface area contributed by atoms with Gasteiger partial charge in [-0.05, 0) is 6.42 Å². The zero-order valence-corrected chi connectivity index (χ0v) is 10.0. The molecule has 0 spiro atoms. The first kappa shape index (κ1) is 13.4. The molecule has 0 fully saturated rings. The van der Waals surface area contributed by atoms with Crippen LogP contribution in [0.3, 0.4) is 0 Å². The van der Waals surface area contributed by atoms with Crippen molar-refractivity contribution >= 4 is 17.3 Å². The lowest BCUT2D eigenvalue weighted by atomic mass is 10.4. The van der Waals surface area contributed by atoms with E-state index in [0.717, 1.165) is 15.3 Å². The van der Waals surface area contributed by atoms with Crippen LogP contribution in [-0.2, 0) is 13.1 Å². The van der Waals surface area contributed by atoms with Gasteiger partial charge in [0, 0.05) is 19.0 Å². The third-order valence-corrected chi connectivity index (χ3v) is 2.36. The Labute approximate surface area is 101 Å². The average molecular weight is 262 g/mol. The van der Waals surface area contributed by atoms with Crippen molar-refractivity contribution in [2.75, 3.05) is 5.88 Å². The van der Waals surface area contributed by atoms with Gasteiger partial charge in [-0.1, -0.05) is 6.92 Å². The molecule has 0 unspecified atom stereocenters. The number of aryl methyl sites for hydroxylation is 1. The van der Waals surface area contributed by atoms with Crippen LogP contribution in [0, 0.1) is 10.1 Å². The maximum atomic E-state index is 11.8. The number of alkyl halides is 1. The van der Waals surface area contributed by atoms with Gasteiger partial charge in [0.05, 0.1) is 11.1 Å². The third kappa shape index (κ3) is 2.73.